The predicted molar refractivity (Wildman–Crippen MR) is 58.9 cm³/mol. The van der Waals surface area contributed by atoms with Crippen LogP contribution in [-0.2, 0) is 14.1 Å². The van der Waals surface area contributed by atoms with E-state index in [0.717, 1.165) is 11.6 Å². The lowest BCUT2D eigenvalue weighted by Gasteiger charge is -1.86. The van der Waals surface area contributed by atoms with Gasteiger partial charge in [0.2, 0.25) is 0 Å². The highest BCUT2D eigenvalue weighted by atomic mass is 32.1. The van der Waals surface area contributed by atoms with Crippen molar-refractivity contribution in [3.05, 3.63) is 22.7 Å². The Morgan fingerprint density at radius 3 is 2.07 bits per heavy atom. The molecule has 15 heavy (non-hydrogen) atoms. The highest BCUT2D eigenvalue weighted by Crippen LogP contribution is 1.88. The van der Waals surface area contributed by atoms with E-state index in [4.69, 9.17) is 12.2 Å². The molecule has 2 rings (SSSR count). The molecule has 0 aliphatic heterocycles. The van der Waals surface area contributed by atoms with Gasteiger partial charge in [0.25, 0.3) is 0 Å². The van der Waals surface area contributed by atoms with Crippen LogP contribution in [0.5, 0.6) is 0 Å². The zero-order chi connectivity index (χ0) is 11.4. The predicted octanol–water partition coefficient (Wildman–Crippen LogP) is 0.910. The molecule has 0 spiro atoms. The fraction of sp³-hybridized carbons (Fsp3) is 0.500. The standard InChI is InChI=1S/C4H7N3S.C4H7N3/c1-3-5-6-4(8)7(3)2;1-4-6-5-3-7(4)2/h1-2H3,(H,6,8);3H,1-2H3. The number of rotatable bonds is 0. The second-order valence-corrected chi connectivity index (χ2v) is 3.51. The lowest BCUT2D eigenvalue weighted by molar-refractivity contribution is 0.847. The first-order chi connectivity index (χ1) is 7.02. The van der Waals surface area contributed by atoms with Crippen LogP contribution in [-0.4, -0.2) is 29.5 Å². The van der Waals surface area contributed by atoms with Crippen molar-refractivity contribution in [2.45, 2.75) is 13.8 Å². The first-order valence-corrected chi connectivity index (χ1v) is 4.81. The number of aromatic nitrogens is 6. The third-order valence-electron chi connectivity index (χ3n) is 2.04. The number of nitrogens with one attached hydrogen (secondary N) is 1. The highest BCUT2D eigenvalue weighted by Gasteiger charge is 1.89. The molecule has 0 aromatic carbocycles. The van der Waals surface area contributed by atoms with E-state index in [0.29, 0.717) is 4.77 Å². The van der Waals surface area contributed by atoms with Crippen molar-refractivity contribution in [3.8, 4) is 0 Å². The fourth-order valence-corrected chi connectivity index (χ4v) is 0.944. The second kappa shape index (κ2) is 4.83. The van der Waals surface area contributed by atoms with E-state index < -0.39 is 0 Å². The number of H-pyrrole nitrogens is 1. The molecular formula is C8H14N6S. The summed E-state index contributed by atoms with van der Waals surface area (Å²) in [6.07, 6.45) is 1.68. The summed E-state index contributed by atoms with van der Waals surface area (Å²) in [6, 6.07) is 0. The van der Waals surface area contributed by atoms with Gasteiger partial charge in [-0.1, -0.05) is 0 Å². The minimum absolute atomic E-state index is 0.669. The zero-order valence-electron chi connectivity index (χ0n) is 9.22. The molecule has 0 aliphatic rings. The van der Waals surface area contributed by atoms with Crippen molar-refractivity contribution in [3.63, 3.8) is 0 Å². The summed E-state index contributed by atoms with van der Waals surface area (Å²) in [5, 5.41) is 13.9. The van der Waals surface area contributed by atoms with Gasteiger partial charge in [-0.25, -0.2) is 0 Å². The molecule has 0 saturated heterocycles. The van der Waals surface area contributed by atoms with Gasteiger partial charge >= 0.3 is 0 Å². The highest BCUT2D eigenvalue weighted by molar-refractivity contribution is 7.71. The van der Waals surface area contributed by atoms with Gasteiger partial charge < -0.3 is 9.13 Å². The maximum atomic E-state index is 4.82. The Morgan fingerprint density at radius 2 is 1.93 bits per heavy atom. The molecule has 0 radical (unpaired) electrons. The van der Waals surface area contributed by atoms with Crippen molar-refractivity contribution in [2.24, 2.45) is 14.1 Å². The molecule has 1 N–H and O–H groups in total. The second-order valence-electron chi connectivity index (χ2n) is 3.12. The quantitative estimate of drug-likeness (QED) is 0.678. The van der Waals surface area contributed by atoms with Gasteiger partial charge in [0.1, 0.15) is 18.0 Å². The van der Waals surface area contributed by atoms with Crippen LogP contribution in [0.25, 0.3) is 0 Å². The number of aromatic amines is 1. The van der Waals surface area contributed by atoms with Gasteiger partial charge in [0.15, 0.2) is 4.77 Å². The molecule has 6 nitrogen and oxygen atoms in total. The Bertz CT molecular complexity index is 463. The molecular weight excluding hydrogens is 212 g/mol. The third-order valence-corrected chi connectivity index (χ3v) is 2.41. The summed E-state index contributed by atoms with van der Waals surface area (Å²) in [6.45, 7) is 3.80. The summed E-state index contributed by atoms with van der Waals surface area (Å²) < 4.78 is 4.34. The van der Waals surface area contributed by atoms with Crippen molar-refractivity contribution in [1.82, 2.24) is 29.5 Å². The van der Waals surface area contributed by atoms with E-state index in [1.54, 1.807) is 6.33 Å². The van der Waals surface area contributed by atoms with E-state index in [9.17, 15) is 0 Å². The Morgan fingerprint density at radius 1 is 1.27 bits per heavy atom. The maximum Gasteiger partial charge on any atom is 0.194 e. The summed E-state index contributed by atoms with van der Waals surface area (Å²) in [7, 11) is 3.79. The third kappa shape index (κ3) is 2.98. The topological polar surface area (TPSA) is 64.3 Å². The SMILES string of the molecule is Cc1n[nH]c(=S)n1C.Cc1nncn1C. The van der Waals surface area contributed by atoms with Crippen molar-refractivity contribution >= 4 is 12.2 Å². The molecule has 0 fully saturated rings. The zero-order valence-corrected chi connectivity index (χ0v) is 10.0. The van der Waals surface area contributed by atoms with E-state index >= 15 is 0 Å². The van der Waals surface area contributed by atoms with Gasteiger partial charge in [0.05, 0.1) is 0 Å². The van der Waals surface area contributed by atoms with E-state index in [2.05, 4.69) is 20.4 Å². The van der Waals surface area contributed by atoms with Crippen molar-refractivity contribution in [2.75, 3.05) is 0 Å². The van der Waals surface area contributed by atoms with Crippen LogP contribution < -0.4 is 0 Å². The average molecular weight is 226 g/mol. The molecule has 0 amide bonds. The molecule has 0 aliphatic carbocycles. The molecule has 0 unspecified atom stereocenters. The van der Waals surface area contributed by atoms with Gasteiger partial charge in [-0.05, 0) is 26.1 Å². The summed E-state index contributed by atoms with van der Waals surface area (Å²) >= 11 is 4.82. The van der Waals surface area contributed by atoms with Crippen molar-refractivity contribution in [1.29, 1.82) is 0 Å². The van der Waals surface area contributed by atoms with Crippen LogP contribution in [0.1, 0.15) is 11.6 Å². The maximum absolute atomic E-state index is 4.82. The van der Waals surface area contributed by atoms with Gasteiger partial charge in [-0.15, -0.1) is 10.2 Å². The van der Waals surface area contributed by atoms with Crippen LogP contribution in [0, 0.1) is 18.6 Å². The molecule has 2 aromatic rings. The first kappa shape index (κ1) is 11.6. The van der Waals surface area contributed by atoms with Crippen LogP contribution in [0.3, 0.4) is 0 Å². The lowest BCUT2D eigenvalue weighted by atomic mass is 10.7. The molecule has 0 atom stereocenters. The van der Waals surface area contributed by atoms with Gasteiger partial charge in [0, 0.05) is 14.1 Å². The Balaban J connectivity index is 0.000000151. The first-order valence-electron chi connectivity index (χ1n) is 4.41. The molecule has 82 valence electrons. The number of hydrogen-bond acceptors (Lipinski definition) is 4. The normalized spacial score (nSPS) is 9.60. The molecule has 0 saturated carbocycles. The fourth-order valence-electron chi connectivity index (χ4n) is 0.767. The van der Waals surface area contributed by atoms with Crippen molar-refractivity contribution < 1.29 is 0 Å². The number of hydrogen-bond donors (Lipinski definition) is 1. The largest absolute Gasteiger partial charge is 0.321 e. The molecule has 2 heterocycles. The molecule has 0 bridgehead atoms. The lowest BCUT2D eigenvalue weighted by Crippen LogP contribution is -1.89. The minimum Gasteiger partial charge on any atom is -0.321 e. The monoisotopic (exact) mass is 226 g/mol. The summed E-state index contributed by atoms with van der Waals surface area (Å²) in [4.78, 5) is 0. The van der Waals surface area contributed by atoms with Crippen LogP contribution in [0.15, 0.2) is 6.33 Å². The Hall–Kier alpha value is -1.50. The van der Waals surface area contributed by atoms with E-state index in [-0.39, 0.29) is 0 Å². The number of aryl methyl sites for hydroxylation is 3. The smallest absolute Gasteiger partial charge is 0.194 e. The van der Waals surface area contributed by atoms with E-state index in [1.807, 2.05) is 37.1 Å². The van der Waals surface area contributed by atoms with Gasteiger partial charge in [-0.3, -0.25) is 5.10 Å². The van der Waals surface area contributed by atoms with Gasteiger partial charge in [-0.2, -0.15) is 5.10 Å². The minimum atomic E-state index is 0.669. The van der Waals surface area contributed by atoms with Crippen LogP contribution in [0.4, 0.5) is 0 Å². The Labute approximate surface area is 93.0 Å². The van der Waals surface area contributed by atoms with E-state index in [1.165, 1.54) is 0 Å². The molecule has 2 aromatic heterocycles. The molecule has 7 heteroatoms. The number of nitrogens with zero attached hydrogens (tertiary/aromatic N) is 5. The summed E-state index contributed by atoms with van der Waals surface area (Å²) in [5.74, 6) is 1.86. The average Bonchev–Trinajstić information content (AvgIpc) is 2.70. The van der Waals surface area contributed by atoms with Crippen LogP contribution in [0.2, 0.25) is 0 Å². The Kier molecular flexibility index (Phi) is 3.73. The van der Waals surface area contributed by atoms with Crippen LogP contribution >= 0.6 is 12.2 Å². The summed E-state index contributed by atoms with van der Waals surface area (Å²) in [5.41, 5.74) is 0.